The Labute approximate surface area is 114 Å². The predicted molar refractivity (Wildman–Crippen MR) is 80.2 cm³/mol. The summed E-state index contributed by atoms with van der Waals surface area (Å²) in [6, 6.07) is 15.1. The summed E-state index contributed by atoms with van der Waals surface area (Å²) < 4.78 is 0. The smallest absolute Gasteiger partial charge is 0.0351 e. The molecule has 0 radical (unpaired) electrons. The van der Waals surface area contributed by atoms with Crippen LogP contribution < -0.4 is 0 Å². The maximum absolute atomic E-state index is 5.87. The normalized spacial score (nSPS) is 11.3. The minimum atomic E-state index is 0.699. The van der Waals surface area contributed by atoms with Crippen LogP contribution in [0.1, 0.15) is 18.9 Å². The van der Waals surface area contributed by atoms with Gasteiger partial charge in [-0.15, -0.1) is 11.6 Å². The van der Waals surface area contributed by atoms with Crippen molar-refractivity contribution in [2.24, 2.45) is 0 Å². The Hall–Kier alpha value is -1.05. The van der Waals surface area contributed by atoms with Crippen molar-refractivity contribution in [3.8, 4) is 0 Å². The minimum Gasteiger partial charge on any atom is -0.298 e. The monoisotopic (exact) mass is 261 g/mol. The second kappa shape index (κ2) is 6.77. The fourth-order valence-corrected chi connectivity index (χ4v) is 2.62. The standard InChI is InChI=1S/C16H20ClN/c1-2-11-18(12-10-17)13-15-8-5-7-14-6-3-4-9-16(14)15/h3-9H,2,10-13H2,1H3. The Bertz CT molecular complexity index is 484. The van der Waals surface area contributed by atoms with E-state index in [1.54, 1.807) is 0 Å². The van der Waals surface area contributed by atoms with E-state index < -0.39 is 0 Å². The molecule has 0 bridgehead atoms. The number of hydrogen-bond donors (Lipinski definition) is 0. The second-order valence-electron chi connectivity index (χ2n) is 4.60. The summed E-state index contributed by atoms with van der Waals surface area (Å²) in [7, 11) is 0. The van der Waals surface area contributed by atoms with Crippen molar-refractivity contribution in [1.29, 1.82) is 0 Å². The van der Waals surface area contributed by atoms with Gasteiger partial charge in [-0.1, -0.05) is 49.4 Å². The molecule has 1 nitrogen and oxygen atoms in total. The number of alkyl halides is 1. The van der Waals surface area contributed by atoms with Gasteiger partial charge in [0.1, 0.15) is 0 Å². The lowest BCUT2D eigenvalue weighted by Gasteiger charge is -2.21. The van der Waals surface area contributed by atoms with E-state index in [0.717, 1.165) is 19.6 Å². The zero-order chi connectivity index (χ0) is 12.8. The third-order valence-electron chi connectivity index (χ3n) is 3.21. The zero-order valence-corrected chi connectivity index (χ0v) is 11.7. The molecule has 0 saturated carbocycles. The van der Waals surface area contributed by atoms with Gasteiger partial charge in [0.25, 0.3) is 0 Å². The SMILES string of the molecule is CCCN(CCCl)Cc1cccc2ccccc12. The van der Waals surface area contributed by atoms with E-state index in [1.807, 2.05) is 0 Å². The highest BCUT2D eigenvalue weighted by Gasteiger charge is 2.06. The number of benzene rings is 2. The molecule has 0 atom stereocenters. The molecule has 2 aromatic rings. The maximum atomic E-state index is 5.87. The Morgan fingerprint density at radius 2 is 1.78 bits per heavy atom. The highest BCUT2D eigenvalue weighted by molar-refractivity contribution is 6.18. The number of rotatable bonds is 6. The molecule has 0 N–H and O–H groups in total. The summed E-state index contributed by atoms with van der Waals surface area (Å²) in [4.78, 5) is 2.43. The number of hydrogen-bond acceptors (Lipinski definition) is 1. The molecule has 0 spiro atoms. The van der Waals surface area contributed by atoms with Crippen molar-refractivity contribution < 1.29 is 0 Å². The fraction of sp³-hybridized carbons (Fsp3) is 0.375. The van der Waals surface area contributed by atoms with E-state index in [0.29, 0.717) is 5.88 Å². The Kier molecular flexibility index (Phi) is 5.03. The highest BCUT2D eigenvalue weighted by atomic mass is 35.5. The lowest BCUT2D eigenvalue weighted by atomic mass is 10.0. The van der Waals surface area contributed by atoms with Gasteiger partial charge in [0.2, 0.25) is 0 Å². The summed E-state index contributed by atoms with van der Waals surface area (Å²) in [5.41, 5.74) is 1.40. The van der Waals surface area contributed by atoms with Crippen molar-refractivity contribution in [3.63, 3.8) is 0 Å². The quantitative estimate of drug-likeness (QED) is 0.701. The number of nitrogens with zero attached hydrogens (tertiary/aromatic N) is 1. The van der Waals surface area contributed by atoms with Crippen LogP contribution in [0.15, 0.2) is 42.5 Å². The molecule has 18 heavy (non-hydrogen) atoms. The first-order chi connectivity index (χ1) is 8.85. The van der Waals surface area contributed by atoms with Crippen molar-refractivity contribution in [2.45, 2.75) is 19.9 Å². The molecule has 0 aromatic heterocycles. The zero-order valence-electron chi connectivity index (χ0n) is 10.9. The topological polar surface area (TPSA) is 3.24 Å². The molecule has 2 heteroatoms. The van der Waals surface area contributed by atoms with Crippen LogP contribution in [0.2, 0.25) is 0 Å². The molecule has 0 heterocycles. The van der Waals surface area contributed by atoms with Crippen LogP contribution >= 0.6 is 11.6 Å². The van der Waals surface area contributed by atoms with Crippen LogP contribution in [-0.4, -0.2) is 23.9 Å². The number of halogens is 1. The summed E-state index contributed by atoms with van der Waals surface area (Å²) in [6.45, 7) is 5.26. The average Bonchev–Trinajstić information content (AvgIpc) is 2.40. The first kappa shape index (κ1) is 13.4. The third kappa shape index (κ3) is 3.24. The molecular formula is C16H20ClN. The minimum absolute atomic E-state index is 0.699. The molecule has 2 rings (SSSR count). The second-order valence-corrected chi connectivity index (χ2v) is 4.98. The molecular weight excluding hydrogens is 242 g/mol. The maximum Gasteiger partial charge on any atom is 0.0351 e. The van der Waals surface area contributed by atoms with Gasteiger partial charge in [-0.05, 0) is 29.3 Å². The Morgan fingerprint density at radius 1 is 1.00 bits per heavy atom. The first-order valence-electron chi connectivity index (χ1n) is 6.60. The van der Waals surface area contributed by atoms with Gasteiger partial charge >= 0.3 is 0 Å². The molecule has 2 aromatic carbocycles. The van der Waals surface area contributed by atoms with Gasteiger partial charge in [0.15, 0.2) is 0 Å². The molecule has 0 saturated heterocycles. The van der Waals surface area contributed by atoms with Gasteiger partial charge in [0.05, 0.1) is 0 Å². The molecule has 0 aliphatic heterocycles. The molecule has 0 aliphatic carbocycles. The summed E-state index contributed by atoms with van der Waals surface area (Å²) in [5.74, 6) is 0.699. The lowest BCUT2D eigenvalue weighted by Crippen LogP contribution is -2.26. The summed E-state index contributed by atoms with van der Waals surface area (Å²) >= 11 is 5.87. The van der Waals surface area contributed by atoms with E-state index in [2.05, 4.69) is 54.3 Å². The Morgan fingerprint density at radius 3 is 2.56 bits per heavy atom. The van der Waals surface area contributed by atoms with Crippen molar-refractivity contribution in [3.05, 3.63) is 48.0 Å². The Balaban J connectivity index is 2.24. The van der Waals surface area contributed by atoms with Crippen molar-refractivity contribution in [2.75, 3.05) is 19.0 Å². The summed E-state index contributed by atoms with van der Waals surface area (Å²) in [6.07, 6.45) is 1.17. The molecule has 0 amide bonds. The van der Waals surface area contributed by atoms with Crippen molar-refractivity contribution >= 4 is 22.4 Å². The average molecular weight is 262 g/mol. The van der Waals surface area contributed by atoms with Crippen LogP contribution in [0.4, 0.5) is 0 Å². The predicted octanol–water partition coefficient (Wildman–Crippen LogP) is 4.29. The molecule has 0 fully saturated rings. The number of fused-ring (bicyclic) bond motifs is 1. The van der Waals surface area contributed by atoms with E-state index in [-0.39, 0.29) is 0 Å². The summed E-state index contributed by atoms with van der Waals surface area (Å²) in [5, 5.41) is 2.67. The van der Waals surface area contributed by atoms with E-state index >= 15 is 0 Å². The molecule has 96 valence electrons. The van der Waals surface area contributed by atoms with Crippen LogP contribution in [-0.2, 0) is 6.54 Å². The van der Waals surface area contributed by atoms with Crippen LogP contribution in [0, 0.1) is 0 Å². The van der Waals surface area contributed by atoms with Crippen LogP contribution in [0.5, 0.6) is 0 Å². The van der Waals surface area contributed by atoms with Gasteiger partial charge < -0.3 is 0 Å². The van der Waals surface area contributed by atoms with E-state index in [9.17, 15) is 0 Å². The van der Waals surface area contributed by atoms with E-state index in [1.165, 1.54) is 22.8 Å². The fourth-order valence-electron chi connectivity index (χ4n) is 2.38. The van der Waals surface area contributed by atoms with Gasteiger partial charge in [-0.25, -0.2) is 0 Å². The van der Waals surface area contributed by atoms with Crippen LogP contribution in [0.3, 0.4) is 0 Å². The third-order valence-corrected chi connectivity index (χ3v) is 3.38. The molecule has 0 aliphatic rings. The van der Waals surface area contributed by atoms with E-state index in [4.69, 9.17) is 11.6 Å². The van der Waals surface area contributed by atoms with Crippen LogP contribution in [0.25, 0.3) is 10.8 Å². The highest BCUT2D eigenvalue weighted by Crippen LogP contribution is 2.20. The van der Waals surface area contributed by atoms with Gasteiger partial charge in [0, 0.05) is 19.0 Å². The largest absolute Gasteiger partial charge is 0.298 e. The van der Waals surface area contributed by atoms with Crippen molar-refractivity contribution in [1.82, 2.24) is 4.90 Å². The molecule has 0 unspecified atom stereocenters. The van der Waals surface area contributed by atoms with Gasteiger partial charge in [-0.3, -0.25) is 4.90 Å². The lowest BCUT2D eigenvalue weighted by molar-refractivity contribution is 0.283. The first-order valence-corrected chi connectivity index (χ1v) is 7.13. The van der Waals surface area contributed by atoms with Gasteiger partial charge in [-0.2, -0.15) is 0 Å².